The van der Waals surface area contributed by atoms with Gasteiger partial charge in [0.1, 0.15) is 0 Å². The van der Waals surface area contributed by atoms with E-state index in [0.717, 1.165) is 6.42 Å². The minimum atomic E-state index is 0.402. The van der Waals surface area contributed by atoms with Gasteiger partial charge in [-0.25, -0.2) is 4.37 Å². The molecular formula is C10H15N3S. The summed E-state index contributed by atoms with van der Waals surface area (Å²) in [5.41, 5.74) is 2.54. The first kappa shape index (κ1) is 9.65. The van der Waals surface area contributed by atoms with Crippen molar-refractivity contribution in [2.45, 2.75) is 26.3 Å². The molecule has 3 nitrogen and oxygen atoms in total. The van der Waals surface area contributed by atoms with Crippen LogP contribution in [0.15, 0.2) is 16.7 Å². The number of rotatable bonds is 2. The molecule has 4 heteroatoms. The lowest BCUT2D eigenvalue weighted by atomic mass is 9.90. The van der Waals surface area contributed by atoms with Crippen molar-refractivity contribution in [3.63, 3.8) is 0 Å². The van der Waals surface area contributed by atoms with Crippen molar-refractivity contribution >= 4 is 17.2 Å². The maximum Gasteiger partial charge on any atom is 0.0821 e. The fourth-order valence-electron chi connectivity index (χ4n) is 2.20. The maximum atomic E-state index is 4.51. The maximum absolute atomic E-state index is 4.51. The monoisotopic (exact) mass is 209 g/mol. The second-order valence-electron chi connectivity index (χ2n) is 3.73. The summed E-state index contributed by atoms with van der Waals surface area (Å²) in [6.07, 6.45) is 3.10. The van der Waals surface area contributed by atoms with Gasteiger partial charge >= 0.3 is 0 Å². The molecule has 1 aromatic rings. The first-order valence-electron chi connectivity index (χ1n) is 4.91. The van der Waals surface area contributed by atoms with E-state index in [9.17, 15) is 0 Å². The van der Waals surface area contributed by atoms with Gasteiger partial charge in [0.2, 0.25) is 0 Å². The summed E-state index contributed by atoms with van der Waals surface area (Å²) in [5, 5.41) is 8.69. The van der Waals surface area contributed by atoms with Crippen molar-refractivity contribution in [3.8, 4) is 0 Å². The van der Waals surface area contributed by atoms with Gasteiger partial charge < -0.3 is 0 Å². The molecule has 0 bridgehead atoms. The Bertz CT molecular complexity index is 331. The average molecular weight is 209 g/mol. The van der Waals surface area contributed by atoms with Crippen molar-refractivity contribution in [2.75, 3.05) is 7.05 Å². The van der Waals surface area contributed by atoms with Crippen LogP contribution in [0.25, 0.3) is 0 Å². The largest absolute Gasteiger partial charge is 0.292 e. The Labute approximate surface area is 88.6 Å². The normalized spacial score (nSPS) is 26.8. The van der Waals surface area contributed by atoms with E-state index in [0.29, 0.717) is 12.0 Å². The summed E-state index contributed by atoms with van der Waals surface area (Å²) >= 11 is 1.51. The molecule has 0 amide bonds. The molecule has 0 N–H and O–H groups in total. The van der Waals surface area contributed by atoms with Gasteiger partial charge in [0, 0.05) is 35.8 Å². The molecule has 1 aliphatic heterocycles. The van der Waals surface area contributed by atoms with Crippen LogP contribution in [0, 0.1) is 5.92 Å². The van der Waals surface area contributed by atoms with E-state index < -0.39 is 0 Å². The third-order valence-corrected chi connectivity index (χ3v) is 3.47. The molecule has 76 valence electrons. The predicted octanol–water partition coefficient (Wildman–Crippen LogP) is 2.53. The Morgan fingerprint density at radius 1 is 1.57 bits per heavy atom. The lowest BCUT2D eigenvalue weighted by Gasteiger charge is -2.23. The second-order valence-corrected chi connectivity index (χ2v) is 4.39. The minimum Gasteiger partial charge on any atom is -0.292 e. The van der Waals surface area contributed by atoms with E-state index in [1.165, 1.54) is 22.8 Å². The van der Waals surface area contributed by atoms with Crippen molar-refractivity contribution in [2.24, 2.45) is 11.0 Å². The van der Waals surface area contributed by atoms with Gasteiger partial charge in [-0.2, -0.15) is 5.10 Å². The van der Waals surface area contributed by atoms with E-state index >= 15 is 0 Å². The zero-order valence-corrected chi connectivity index (χ0v) is 9.58. The van der Waals surface area contributed by atoms with Crippen LogP contribution in [-0.4, -0.2) is 22.1 Å². The Balaban J connectivity index is 2.28. The van der Waals surface area contributed by atoms with Crippen molar-refractivity contribution < 1.29 is 0 Å². The van der Waals surface area contributed by atoms with Gasteiger partial charge in [-0.15, -0.1) is 0 Å². The van der Waals surface area contributed by atoms with E-state index in [1.54, 1.807) is 0 Å². The summed E-state index contributed by atoms with van der Waals surface area (Å²) in [6.45, 7) is 4.33. The molecule has 2 rings (SSSR count). The number of hydrogen-bond donors (Lipinski definition) is 0. The highest BCUT2D eigenvalue weighted by molar-refractivity contribution is 7.03. The lowest BCUT2D eigenvalue weighted by Crippen LogP contribution is -2.21. The summed E-state index contributed by atoms with van der Waals surface area (Å²) in [4.78, 5) is 0. The van der Waals surface area contributed by atoms with E-state index in [1.807, 2.05) is 13.2 Å². The third-order valence-electron chi connectivity index (χ3n) is 2.87. The fraction of sp³-hybridized carbons (Fsp3) is 0.600. The molecule has 14 heavy (non-hydrogen) atoms. The van der Waals surface area contributed by atoms with Crippen LogP contribution in [0.5, 0.6) is 0 Å². The predicted molar refractivity (Wildman–Crippen MR) is 59.5 cm³/mol. The Kier molecular flexibility index (Phi) is 2.54. The van der Waals surface area contributed by atoms with Crippen LogP contribution in [0.3, 0.4) is 0 Å². The standard InChI is InChI=1S/C10H15N3S/c1-4-9-7(2)12-13(3)10(9)8-5-11-14-6-8/h5-6,9-10H,4H2,1-3H3. The van der Waals surface area contributed by atoms with Crippen LogP contribution < -0.4 is 0 Å². The summed E-state index contributed by atoms with van der Waals surface area (Å²) in [5.74, 6) is 0.552. The van der Waals surface area contributed by atoms with Gasteiger partial charge in [0.15, 0.2) is 0 Å². The van der Waals surface area contributed by atoms with Crippen molar-refractivity contribution in [3.05, 3.63) is 17.1 Å². The Morgan fingerprint density at radius 2 is 2.36 bits per heavy atom. The van der Waals surface area contributed by atoms with E-state index in [4.69, 9.17) is 0 Å². The lowest BCUT2D eigenvalue weighted by molar-refractivity contribution is 0.247. The highest BCUT2D eigenvalue weighted by Gasteiger charge is 2.33. The molecule has 0 spiro atoms. The fourth-order valence-corrected chi connectivity index (χ4v) is 2.77. The summed E-state index contributed by atoms with van der Waals surface area (Å²) in [6, 6.07) is 0.402. The number of hydrogen-bond acceptors (Lipinski definition) is 4. The van der Waals surface area contributed by atoms with Gasteiger partial charge in [0.25, 0.3) is 0 Å². The molecule has 0 aliphatic carbocycles. The molecule has 2 unspecified atom stereocenters. The van der Waals surface area contributed by atoms with Crippen LogP contribution in [0.4, 0.5) is 0 Å². The molecule has 2 atom stereocenters. The molecule has 0 radical (unpaired) electrons. The highest BCUT2D eigenvalue weighted by atomic mass is 32.1. The average Bonchev–Trinajstić information content (AvgIpc) is 2.72. The van der Waals surface area contributed by atoms with E-state index in [2.05, 4.69) is 33.7 Å². The van der Waals surface area contributed by atoms with Crippen molar-refractivity contribution in [1.82, 2.24) is 9.38 Å². The Hall–Kier alpha value is -0.900. The zero-order chi connectivity index (χ0) is 10.1. The third kappa shape index (κ3) is 1.43. The molecule has 0 aromatic carbocycles. The number of aromatic nitrogens is 1. The van der Waals surface area contributed by atoms with Gasteiger partial charge in [0.05, 0.1) is 6.04 Å². The van der Waals surface area contributed by atoms with Crippen LogP contribution in [0.2, 0.25) is 0 Å². The first-order chi connectivity index (χ1) is 6.74. The van der Waals surface area contributed by atoms with E-state index in [-0.39, 0.29) is 0 Å². The van der Waals surface area contributed by atoms with Crippen LogP contribution in [-0.2, 0) is 0 Å². The quantitative estimate of drug-likeness (QED) is 0.749. The van der Waals surface area contributed by atoms with Gasteiger partial charge in [-0.3, -0.25) is 5.01 Å². The molecule has 1 aliphatic rings. The smallest absolute Gasteiger partial charge is 0.0821 e. The minimum absolute atomic E-state index is 0.402. The highest BCUT2D eigenvalue weighted by Crippen LogP contribution is 2.36. The molecule has 0 saturated carbocycles. The van der Waals surface area contributed by atoms with Gasteiger partial charge in [-0.05, 0) is 24.9 Å². The Morgan fingerprint density at radius 3 is 2.93 bits per heavy atom. The first-order valence-corrected chi connectivity index (χ1v) is 5.75. The van der Waals surface area contributed by atoms with Crippen LogP contribution in [0.1, 0.15) is 31.9 Å². The molecule has 0 saturated heterocycles. The number of nitrogens with zero attached hydrogens (tertiary/aromatic N) is 3. The van der Waals surface area contributed by atoms with Gasteiger partial charge in [-0.1, -0.05) is 6.92 Å². The molecule has 0 fully saturated rings. The number of hydrazone groups is 1. The topological polar surface area (TPSA) is 28.5 Å². The molecule has 2 heterocycles. The second kappa shape index (κ2) is 3.69. The summed E-state index contributed by atoms with van der Waals surface area (Å²) in [7, 11) is 2.04. The van der Waals surface area contributed by atoms with Crippen LogP contribution >= 0.6 is 11.5 Å². The van der Waals surface area contributed by atoms with Crippen molar-refractivity contribution in [1.29, 1.82) is 0 Å². The zero-order valence-electron chi connectivity index (χ0n) is 8.77. The molecular weight excluding hydrogens is 194 g/mol. The molecule has 1 aromatic heterocycles. The summed E-state index contributed by atoms with van der Waals surface area (Å²) < 4.78 is 4.16. The SMILES string of the molecule is CCC1C(C)=NN(C)C1c1cnsc1.